The fraction of sp³-hybridized carbons (Fsp3) is 0.404. The predicted molar refractivity (Wildman–Crippen MR) is 229 cm³/mol. The summed E-state index contributed by atoms with van der Waals surface area (Å²) in [6.07, 6.45) is 9.37. The molecule has 0 heterocycles. The number of halogens is 3. The number of nitrogens with one attached hydrogen (secondary N) is 1. The molecule has 0 radical (unpaired) electrons. The van der Waals surface area contributed by atoms with Crippen molar-refractivity contribution in [3.63, 3.8) is 0 Å². The summed E-state index contributed by atoms with van der Waals surface area (Å²) in [5.74, 6) is 0. The molecular weight excluding hydrogens is 664 g/mol. The molecule has 0 aliphatic heterocycles. The molecule has 3 nitrogen and oxygen atoms in total. The van der Waals surface area contributed by atoms with Crippen LogP contribution >= 0.6 is 0 Å². The summed E-state index contributed by atoms with van der Waals surface area (Å²) < 4.78 is 38.9. The number of aliphatic imine (C=N–C) groups is 2. The third-order valence-electron chi connectivity index (χ3n) is 7.96. The van der Waals surface area contributed by atoms with E-state index >= 15 is 0 Å². The highest BCUT2D eigenvalue weighted by atomic mass is 19.4. The van der Waals surface area contributed by atoms with Crippen LogP contribution < -0.4 is 5.32 Å². The largest absolute Gasteiger partial charge is 0.432 e. The highest BCUT2D eigenvalue weighted by Crippen LogP contribution is 2.32. The molecule has 0 aliphatic carbocycles. The number of hydrogen-bond acceptors (Lipinski definition) is 3. The Morgan fingerprint density at radius 2 is 1.43 bits per heavy atom. The Morgan fingerprint density at radius 3 is 1.89 bits per heavy atom. The van der Waals surface area contributed by atoms with Crippen molar-refractivity contribution >= 4 is 23.2 Å². The smallest absolute Gasteiger partial charge is 0.363 e. The highest BCUT2D eigenvalue weighted by Gasteiger charge is 2.33. The summed E-state index contributed by atoms with van der Waals surface area (Å²) >= 11 is 0. The summed E-state index contributed by atoms with van der Waals surface area (Å²) in [4.78, 5) is 7.98. The molecule has 0 unspecified atom stereocenters. The van der Waals surface area contributed by atoms with E-state index < -0.39 is 11.9 Å². The van der Waals surface area contributed by atoms with E-state index in [2.05, 4.69) is 113 Å². The number of alkyl halides is 3. The number of allylic oxidation sites excluding steroid dienone is 5. The zero-order valence-corrected chi connectivity index (χ0v) is 34.1. The molecule has 0 saturated heterocycles. The van der Waals surface area contributed by atoms with Gasteiger partial charge in [-0.15, -0.1) is 6.58 Å². The highest BCUT2D eigenvalue weighted by molar-refractivity contribution is 5.99. The van der Waals surface area contributed by atoms with Crippen molar-refractivity contribution in [2.24, 2.45) is 9.98 Å². The monoisotopic (exact) mass is 730 g/mol. The van der Waals surface area contributed by atoms with Gasteiger partial charge >= 0.3 is 6.18 Å². The van der Waals surface area contributed by atoms with Gasteiger partial charge in [0.25, 0.3) is 0 Å². The second-order valence-electron chi connectivity index (χ2n) is 12.8. The van der Waals surface area contributed by atoms with Crippen molar-refractivity contribution in [3.8, 4) is 0 Å². The van der Waals surface area contributed by atoms with Crippen LogP contribution in [-0.4, -0.2) is 25.2 Å². The van der Waals surface area contributed by atoms with Crippen molar-refractivity contribution in [2.45, 2.75) is 119 Å². The summed E-state index contributed by atoms with van der Waals surface area (Å²) in [6.45, 7) is 28.3. The third kappa shape index (κ3) is 21.0. The van der Waals surface area contributed by atoms with Crippen LogP contribution in [0.3, 0.4) is 0 Å². The Kier molecular flexibility index (Phi) is 25.7. The molecular formula is C47H66F3N3. The van der Waals surface area contributed by atoms with Gasteiger partial charge in [-0.25, -0.2) is 0 Å². The van der Waals surface area contributed by atoms with Crippen molar-refractivity contribution in [3.05, 3.63) is 143 Å². The van der Waals surface area contributed by atoms with Crippen LogP contribution in [0.4, 0.5) is 18.9 Å². The Morgan fingerprint density at radius 1 is 0.830 bits per heavy atom. The zero-order valence-electron chi connectivity index (χ0n) is 34.1. The van der Waals surface area contributed by atoms with E-state index in [-0.39, 0.29) is 0 Å². The van der Waals surface area contributed by atoms with Gasteiger partial charge < -0.3 is 5.32 Å². The van der Waals surface area contributed by atoms with Gasteiger partial charge in [0.1, 0.15) is 5.71 Å². The maximum absolute atomic E-state index is 13.0. The molecule has 6 heteroatoms. The predicted octanol–water partition coefficient (Wildman–Crippen LogP) is 14.1. The molecule has 3 rings (SSSR count). The van der Waals surface area contributed by atoms with Crippen LogP contribution in [0.5, 0.6) is 0 Å². The lowest BCUT2D eigenvalue weighted by atomic mass is 9.91. The molecule has 1 N–H and O–H groups in total. The zero-order chi connectivity index (χ0) is 40.2. The number of nitrogens with zero attached hydrogens (tertiary/aromatic N) is 2. The van der Waals surface area contributed by atoms with Gasteiger partial charge in [-0.2, -0.15) is 13.2 Å². The molecule has 0 bridgehead atoms. The fourth-order valence-electron chi connectivity index (χ4n) is 4.94. The number of rotatable bonds is 15. The van der Waals surface area contributed by atoms with Crippen LogP contribution in [0.2, 0.25) is 0 Å². The number of benzene rings is 3. The van der Waals surface area contributed by atoms with E-state index in [1.54, 1.807) is 6.92 Å². The first-order chi connectivity index (χ1) is 25.2. The van der Waals surface area contributed by atoms with Crippen molar-refractivity contribution in [1.82, 2.24) is 5.32 Å². The minimum absolute atomic E-state index is 0.329. The molecule has 0 atom stereocenters. The lowest BCUT2D eigenvalue weighted by Gasteiger charge is -2.16. The molecule has 0 spiro atoms. The van der Waals surface area contributed by atoms with Crippen molar-refractivity contribution in [2.75, 3.05) is 7.05 Å². The molecule has 0 aliphatic rings. The van der Waals surface area contributed by atoms with Crippen LogP contribution in [-0.2, 0) is 25.7 Å². The van der Waals surface area contributed by atoms with Crippen LogP contribution in [0, 0.1) is 6.92 Å². The minimum Gasteiger partial charge on any atom is -0.363 e. The van der Waals surface area contributed by atoms with Gasteiger partial charge in [-0.1, -0.05) is 133 Å². The van der Waals surface area contributed by atoms with E-state index in [1.807, 2.05) is 49.5 Å². The van der Waals surface area contributed by atoms with E-state index in [0.29, 0.717) is 24.2 Å². The van der Waals surface area contributed by atoms with Crippen LogP contribution in [0.25, 0.3) is 5.57 Å². The topological polar surface area (TPSA) is 36.8 Å². The Bertz CT molecular complexity index is 1590. The number of aryl methyl sites for hydroxylation is 3. The molecule has 53 heavy (non-hydrogen) atoms. The standard InChI is InChI=1S/C32H40F3N3.C7H8.C4H10.C4H8/c1-8-11-15-28-21-30(37-10-3)29(20-27(28)9-2)22(4)16-25-13-12-14-26(19-25)17-23(5)38-24(6)18-31(36-7)32(33,34)35;1-7-5-3-2-4-6-7;2*1-3-4-2/h10,12-14,18-21,38H,4-5,8-9,11,15-17H2,1-3,6-7H3;2-6H,1H3;3-4H2,1-2H3;3H,1,4H2,2H3/b24-18+,36-31?,37-10?;;;. The number of unbranched alkanes of at least 4 members (excludes halogenated alkanes) is 2. The molecule has 0 aromatic heterocycles. The second kappa shape index (κ2) is 28.1. The molecule has 3 aromatic rings. The second-order valence-corrected chi connectivity index (χ2v) is 12.8. The lowest BCUT2D eigenvalue weighted by Crippen LogP contribution is -2.23. The summed E-state index contributed by atoms with van der Waals surface area (Å²) in [5.41, 5.74) is 9.13. The van der Waals surface area contributed by atoms with Gasteiger partial charge in [0.2, 0.25) is 0 Å². The van der Waals surface area contributed by atoms with Crippen LogP contribution in [0.1, 0.15) is 114 Å². The maximum Gasteiger partial charge on any atom is 0.432 e. The first kappa shape index (κ1) is 48.5. The number of hydrogen-bond donors (Lipinski definition) is 1. The molecule has 0 saturated carbocycles. The van der Waals surface area contributed by atoms with E-state index in [1.165, 1.54) is 29.5 Å². The Hall–Kier alpha value is -4.45. The maximum atomic E-state index is 13.0. The first-order valence-electron chi connectivity index (χ1n) is 18.9. The van der Waals surface area contributed by atoms with E-state index in [9.17, 15) is 13.2 Å². The Balaban J connectivity index is 0.00000149. The van der Waals surface area contributed by atoms with Crippen molar-refractivity contribution < 1.29 is 13.2 Å². The van der Waals surface area contributed by atoms with Gasteiger partial charge in [0.15, 0.2) is 0 Å². The average molecular weight is 730 g/mol. The SMILES string of the molecule is C=C(Cc1cccc(CC(=C)c2cc(CC)c(CCCC)cc2N=CC)c1)N/C(C)=C/C(=NC)C(F)(F)F.C=CCC.CCCC.Cc1ccccc1. The normalized spacial score (nSPS) is 11.3. The minimum atomic E-state index is -4.49. The van der Waals surface area contributed by atoms with Gasteiger partial charge in [0.05, 0.1) is 5.69 Å². The average Bonchev–Trinajstić information content (AvgIpc) is 3.13. The quantitative estimate of drug-likeness (QED) is 0.123. The first-order valence-corrected chi connectivity index (χ1v) is 18.9. The summed E-state index contributed by atoms with van der Waals surface area (Å²) in [6, 6.07) is 22.8. The molecule has 290 valence electrons. The van der Waals surface area contributed by atoms with Crippen molar-refractivity contribution in [1.29, 1.82) is 0 Å². The van der Waals surface area contributed by atoms with Crippen LogP contribution in [0.15, 0.2) is 120 Å². The fourth-order valence-corrected chi connectivity index (χ4v) is 4.94. The van der Waals surface area contributed by atoms with Gasteiger partial charge in [0, 0.05) is 36.6 Å². The summed E-state index contributed by atoms with van der Waals surface area (Å²) in [7, 11) is 1.13. The molecule has 0 amide bonds. The van der Waals surface area contributed by atoms with Gasteiger partial charge in [-0.3, -0.25) is 9.98 Å². The molecule has 3 aromatic carbocycles. The van der Waals surface area contributed by atoms with Gasteiger partial charge in [-0.05, 0) is 98.9 Å². The summed E-state index contributed by atoms with van der Waals surface area (Å²) in [5, 5.41) is 2.96. The van der Waals surface area contributed by atoms with E-state index in [4.69, 9.17) is 0 Å². The Labute approximate surface area is 320 Å². The third-order valence-corrected chi connectivity index (χ3v) is 7.96. The molecule has 0 fully saturated rings. The van der Waals surface area contributed by atoms with E-state index in [0.717, 1.165) is 73.2 Å². The lowest BCUT2D eigenvalue weighted by molar-refractivity contribution is -0.0578.